The molecule has 0 radical (unpaired) electrons. The van der Waals surface area contributed by atoms with Crippen LogP contribution in [0.25, 0.3) is 11.0 Å². The Morgan fingerprint density at radius 1 is 1.33 bits per heavy atom. The third kappa shape index (κ3) is 4.18. The minimum atomic E-state index is -3.08. The van der Waals surface area contributed by atoms with Gasteiger partial charge in [0.25, 0.3) is 0 Å². The lowest BCUT2D eigenvalue weighted by atomic mass is 10.2. The fraction of sp³-hybridized carbons (Fsp3) is 0.500. The van der Waals surface area contributed by atoms with Crippen LogP contribution in [0.4, 0.5) is 0 Å². The first-order valence-corrected chi connectivity index (χ1v) is 9.06. The molecule has 0 saturated heterocycles. The maximum absolute atomic E-state index is 11.3. The third-order valence-corrected chi connectivity index (χ3v) is 5.24. The van der Waals surface area contributed by atoms with Gasteiger partial charge in [0.1, 0.15) is 5.82 Å². The minimum absolute atomic E-state index is 0.532. The molecule has 0 unspecified atom stereocenters. The molecule has 7 heteroatoms. The number of hydrogen-bond acceptors (Lipinski definition) is 3. The quantitative estimate of drug-likeness (QED) is 0.829. The Bertz CT molecular complexity index is 701. The molecule has 1 aromatic carbocycles. The maximum atomic E-state index is 11.3. The van der Waals surface area contributed by atoms with E-state index < -0.39 is 10.0 Å². The molecule has 21 heavy (non-hydrogen) atoms. The van der Waals surface area contributed by atoms with Gasteiger partial charge in [0.2, 0.25) is 10.0 Å². The molecule has 0 amide bonds. The molecule has 1 N–H and O–H groups in total. The second-order valence-corrected chi connectivity index (χ2v) is 7.84. The number of nitrogens with one attached hydrogen (secondary N) is 1. The van der Waals surface area contributed by atoms with Crippen molar-refractivity contribution in [2.45, 2.75) is 26.2 Å². The number of imidazole rings is 1. The largest absolute Gasteiger partial charge is 0.342 e. The molecule has 0 saturated carbocycles. The standard InChI is InChI=1S/C14H20ClN3O2S/c1-10-8-12-13(9-11(10)15)17-14(16-12)6-4-5-7-18(2)21(3,19)20/h8-9H,4-7H2,1-3H3,(H,16,17). The Labute approximate surface area is 130 Å². The van der Waals surface area contributed by atoms with Gasteiger partial charge in [-0.15, -0.1) is 0 Å². The molecule has 116 valence electrons. The number of benzene rings is 1. The molecule has 0 aliphatic rings. The predicted molar refractivity (Wildman–Crippen MR) is 86.3 cm³/mol. The monoisotopic (exact) mass is 329 g/mol. The van der Waals surface area contributed by atoms with Crippen molar-refractivity contribution in [3.05, 3.63) is 28.5 Å². The highest BCUT2D eigenvalue weighted by atomic mass is 35.5. The third-order valence-electron chi connectivity index (χ3n) is 3.51. The topological polar surface area (TPSA) is 66.1 Å². The Kier molecular flexibility index (Phi) is 4.91. The number of hydrogen-bond donors (Lipinski definition) is 1. The fourth-order valence-corrected chi connectivity index (χ4v) is 2.72. The minimum Gasteiger partial charge on any atom is -0.342 e. The lowest BCUT2D eigenvalue weighted by Gasteiger charge is -2.12. The van der Waals surface area contributed by atoms with Crippen molar-refractivity contribution in [3.63, 3.8) is 0 Å². The van der Waals surface area contributed by atoms with E-state index in [1.807, 2.05) is 19.1 Å². The van der Waals surface area contributed by atoms with Crippen LogP contribution < -0.4 is 0 Å². The van der Waals surface area contributed by atoms with E-state index in [4.69, 9.17) is 11.6 Å². The number of unbranched alkanes of at least 4 members (excludes halogenated alkanes) is 1. The van der Waals surface area contributed by atoms with Crippen LogP contribution in [0.3, 0.4) is 0 Å². The molecule has 5 nitrogen and oxygen atoms in total. The Balaban J connectivity index is 1.92. The average Bonchev–Trinajstić information content (AvgIpc) is 2.75. The van der Waals surface area contributed by atoms with Gasteiger partial charge in [-0.1, -0.05) is 11.6 Å². The lowest BCUT2D eigenvalue weighted by Crippen LogP contribution is -2.26. The van der Waals surface area contributed by atoms with Crippen molar-refractivity contribution in [2.75, 3.05) is 19.8 Å². The normalized spacial score (nSPS) is 12.4. The predicted octanol–water partition coefficient (Wildman–Crippen LogP) is 2.74. The summed E-state index contributed by atoms with van der Waals surface area (Å²) in [6, 6.07) is 3.86. The van der Waals surface area contributed by atoms with Crippen LogP contribution in [-0.2, 0) is 16.4 Å². The summed E-state index contributed by atoms with van der Waals surface area (Å²) in [5, 5.41) is 0.729. The molecule has 0 spiro atoms. The first-order valence-electron chi connectivity index (χ1n) is 6.83. The van der Waals surface area contributed by atoms with E-state index in [2.05, 4.69) is 9.97 Å². The molecule has 0 aliphatic heterocycles. The highest BCUT2D eigenvalue weighted by Gasteiger charge is 2.10. The molecule has 0 fully saturated rings. The molecule has 0 bridgehead atoms. The number of aryl methyl sites for hydroxylation is 2. The molecular formula is C14H20ClN3O2S. The Hall–Kier alpha value is -1.11. The van der Waals surface area contributed by atoms with Crippen LogP contribution >= 0.6 is 11.6 Å². The number of nitrogens with zero attached hydrogens (tertiary/aromatic N) is 2. The molecule has 1 heterocycles. The van der Waals surface area contributed by atoms with Gasteiger partial charge in [-0.25, -0.2) is 17.7 Å². The van der Waals surface area contributed by atoms with Gasteiger partial charge in [-0.05, 0) is 37.5 Å². The first kappa shape index (κ1) is 16.3. The summed E-state index contributed by atoms with van der Waals surface area (Å²) in [5.74, 6) is 0.911. The molecular weight excluding hydrogens is 310 g/mol. The average molecular weight is 330 g/mol. The van der Waals surface area contributed by atoms with Crippen molar-refractivity contribution in [1.82, 2.24) is 14.3 Å². The van der Waals surface area contributed by atoms with Gasteiger partial charge in [0.05, 0.1) is 17.3 Å². The summed E-state index contributed by atoms with van der Waals surface area (Å²) >= 11 is 6.09. The molecule has 0 aliphatic carbocycles. The summed E-state index contributed by atoms with van der Waals surface area (Å²) < 4.78 is 23.9. The van der Waals surface area contributed by atoms with E-state index >= 15 is 0 Å². The summed E-state index contributed by atoms with van der Waals surface area (Å²) in [5.41, 5.74) is 2.87. The van der Waals surface area contributed by atoms with E-state index in [0.717, 1.165) is 46.7 Å². The Morgan fingerprint density at radius 3 is 2.71 bits per heavy atom. The highest BCUT2D eigenvalue weighted by molar-refractivity contribution is 7.88. The van der Waals surface area contributed by atoms with Gasteiger partial charge in [0, 0.05) is 25.0 Å². The number of rotatable bonds is 6. The van der Waals surface area contributed by atoms with E-state index in [1.165, 1.54) is 10.6 Å². The molecule has 0 atom stereocenters. The van der Waals surface area contributed by atoms with Gasteiger partial charge in [-0.3, -0.25) is 0 Å². The maximum Gasteiger partial charge on any atom is 0.210 e. The number of aromatic amines is 1. The van der Waals surface area contributed by atoms with Gasteiger partial charge >= 0.3 is 0 Å². The molecule has 2 rings (SSSR count). The summed E-state index contributed by atoms with van der Waals surface area (Å²) in [4.78, 5) is 7.79. The number of halogens is 1. The van der Waals surface area contributed by atoms with Crippen LogP contribution in [0.15, 0.2) is 12.1 Å². The van der Waals surface area contributed by atoms with Crippen molar-refractivity contribution in [1.29, 1.82) is 0 Å². The second-order valence-electron chi connectivity index (χ2n) is 5.34. The van der Waals surface area contributed by atoms with Crippen molar-refractivity contribution < 1.29 is 8.42 Å². The van der Waals surface area contributed by atoms with E-state index in [0.29, 0.717) is 6.54 Å². The van der Waals surface area contributed by atoms with Crippen molar-refractivity contribution >= 4 is 32.7 Å². The summed E-state index contributed by atoms with van der Waals surface area (Å²) in [6.45, 7) is 2.49. The zero-order chi connectivity index (χ0) is 15.6. The van der Waals surface area contributed by atoms with E-state index in [9.17, 15) is 8.42 Å². The van der Waals surface area contributed by atoms with Crippen LogP contribution in [-0.4, -0.2) is 42.5 Å². The van der Waals surface area contributed by atoms with Crippen LogP contribution in [0, 0.1) is 6.92 Å². The first-order chi connectivity index (χ1) is 9.77. The van der Waals surface area contributed by atoms with Crippen LogP contribution in [0.5, 0.6) is 0 Å². The van der Waals surface area contributed by atoms with Crippen molar-refractivity contribution in [2.24, 2.45) is 0 Å². The van der Waals surface area contributed by atoms with Gasteiger partial charge < -0.3 is 4.98 Å². The lowest BCUT2D eigenvalue weighted by molar-refractivity contribution is 0.459. The molecule has 1 aromatic heterocycles. The highest BCUT2D eigenvalue weighted by Crippen LogP contribution is 2.22. The summed E-state index contributed by atoms with van der Waals surface area (Å²) in [6.07, 6.45) is 3.70. The summed E-state index contributed by atoms with van der Waals surface area (Å²) in [7, 11) is -1.48. The van der Waals surface area contributed by atoms with E-state index in [-0.39, 0.29) is 0 Å². The van der Waals surface area contributed by atoms with E-state index in [1.54, 1.807) is 7.05 Å². The number of sulfonamides is 1. The number of aromatic nitrogens is 2. The van der Waals surface area contributed by atoms with Crippen LogP contribution in [0.2, 0.25) is 5.02 Å². The Morgan fingerprint density at radius 2 is 2.05 bits per heavy atom. The fourth-order valence-electron chi connectivity index (χ4n) is 2.10. The zero-order valence-corrected chi connectivity index (χ0v) is 14.1. The van der Waals surface area contributed by atoms with Gasteiger partial charge in [-0.2, -0.15) is 0 Å². The second kappa shape index (κ2) is 6.34. The number of H-pyrrole nitrogens is 1. The zero-order valence-electron chi connectivity index (χ0n) is 12.5. The van der Waals surface area contributed by atoms with Crippen molar-refractivity contribution in [3.8, 4) is 0 Å². The smallest absolute Gasteiger partial charge is 0.210 e. The molecule has 2 aromatic rings. The number of fused-ring (bicyclic) bond motifs is 1. The van der Waals surface area contributed by atoms with Crippen LogP contribution in [0.1, 0.15) is 24.2 Å². The van der Waals surface area contributed by atoms with Gasteiger partial charge in [0.15, 0.2) is 0 Å². The SMILES string of the molecule is Cc1cc2nc(CCCCN(C)S(C)(=O)=O)[nH]c2cc1Cl.